The quantitative estimate of drug-likeness (QED) is 0.750. The molecule has 0 saturated carbocycles. The van der Waals surface area contributed by atoms with Gasteiger partial charge in [0.15, 0.2) is 0 Å². The Morgan fingerprint density at radius 3 is 2.37 bits per heavy atom. The van der Waals surface area contributed by atoms with Crippen LogP contribution in [0.3, 0.4) is 0 Å². The van der Waals surface area contributed by atoms with Crippen LogP contribution in [0.5, 0.6) is 11.5 Å². The Morgan fingerprint density at radius 2 is 1.78 bits per heavy atom. The first-order valence-electron chi connectivity index (χ1n) is 7.62. The standard InChI is InChI=1S/C17H18ClFN2O5S/c1-21(27(23,24)16-8-11(19)4-6-15(16)26-3)10-17(22)20-12-5-7-14(25-2)13(18)9-12/h4-9H,10H2,1-3H3,(H,20,22). The van der Waals surface area contributed by atoms with Gasteiger partial charge in [-0.2, -0.15) is 4.31 Å². The predicted octanol–water partition coefficient (Wildman–Crippen LogP) is 2.76. The lowest BCUT2D eigenvalue weighted by atomic mass is 10.3. The van der Waals surface area contributed by atoms with Crippen LogP contribution in [0.1, 0.15) is 0 Å². The Balaban J connectivity index is 2.16. The third-order valence-electron chi connectivity index (χ3n) is 3.62. The van der Waals surface area contributed by atoms with Gasteiger partial charge < -0.3 is 14.8 Å². The number of methoxy groups -OCH3 is 2. The summed E-state index contributed by atoms with van der Waals surface area (Å²) < 4.78 is 49.6. The SMILES string of the molecule is COc1ccc(NC(=O)CN(C)S(=O)(=O)c2cc(F)ccc2OC)cc1Cl. The molecule has 0 atom stereocenters. The van der Waals surface area contributed by atoms with Crippen molar-refractivity contribution in [3.8, 4) is 11.5 Å². The molecule has 0 bridgehead atoms. The van der Waals surface area contributed by atoms with Crippen LogP contribution in [0.15, 0.2) is 41.3 Å². The largest absolute Gasteiger partial charge is 0.495 e. The zero-order valence-electron chi connectivity index (χ0n) is 14.8. The van der Waals surface area contributed by atoms with E-state index < -0.39 is 28.3 Å². The van der Waals surface area contributed by atoms with Gasteiger partial charge in [0.2, 0.25) is 15.9 Å². The molecule has 2 aromatic rings. The van der Waals surface area contributed by atoms with Gasteiger partial charge in [0.1, 0.15) is 22.2 Å². The van der Waals surface area contributed by atoms with Gasteiger partial charge in [-0.1, -0.05) is 11.6 Å². The predicted molar refractivity (Wildman–Crippen MR) is 99.4 cm³/mol. The summed E-state index contributed by atoms with van der Waals surface area (Å²) in [5, 5.41) is 2.83. The molecule has 1 N–H and O–H groups in total. The summed E-state index contributed by atoms with van der Waals surface area (Å²) >= 11 is 5.99. The first-order chi connectivity index (χ1) is 12.7. The number of benzene rings is 2. The van der Waals surface area contributed by atoms with Crippen LogP contribution < -0.4 is 14.8 Å². The van der Waals surface area contributed by atoms with E-state index in [9.17, 15) is 17.6 Å². The zero-order chi connectivity index (χ0) is 20.2. The van der Waals surface area contributed by atoms with E-state index in [2.05, 4.69) is 5.32 Å². The van der Waals surface area contributed by atoms with Gasteiger partial charge in [-0.05, 0) is 36.4 Å². The summed E-state index contributed by atoms with van der Waals surface area (Å²) in [4.78, 5) is 11.8. The van der Waals surface area contributed by atoms with Crippen molar-refractivity contribution in [3.05, 3.63) is 47.2 Å². The summed E-state index contributed by atoms with van der Waals surface area (Å²) in [6.07, 6.45) is 0. The lowest BCUT2D eigenvalue weighted by molar-refractivity contribution is -0.116. The third kappa shape index (κ3) is 4.88. The van der Waals surface area contributed by atoms with Crippen molar-refractivity contribution >= 4 is 33.2 Å². The Kier molecular flexibility index (Phi) is 6.63. The van der Waals surface area contributed by atoms with Crippen LogP contribution in [0.4, 0.5) is 10.1 Å². The number of hydrogen-bond donors (Lipinski definition) is 1. The molecule has 0 fully saturated rings. The molecule has 146 valence electrons. The minimum Gasteiger partial charge on any atom is -0.495 e. The van der Waals surface area contributed by atoms with E-state index in [0.29, 0.717) is 16.5 Å². The topological polar surface area (TPSA) is 84.9 Å². The third-order valence-corrected chi connectivity index (χ3v) is 5.74. The number of ether oxygens (including phenoxy) is 2. The molecule has 1 amide bonds. The number of nitrogens with one attached hydrogen (secondary N) is 1. The van der Waals surface area contributed by atoms with E-state index in [1.54, 1.807) is 12.1 Å². The van der Waals surface area contributed by atoms with E-state index >= 15 is 0 Å². The molecule has 0 aliphatic carbocycles. The highest BCUT2D eigenvalue weighted by Gasteiger charge is 2.27. The van der Waals surface area contributed by atoms with Crippen molar-refractivity contribution in [1.82, 2.24) is 4.31 Å². The van der Waals surface area contributed by atoms with Crippen LogP contribution in [0, 0.1) is 5.82 Å². The van der Waals surface area contributed by atoms with Gasteiger partial charge in [-0.25, -0.2) is 12.8 Å². The molecule has 0 spiro atoms. The molecule has 0 aliphatic rings. The van der Waals surface area contributed by atoms with Gasteiger partial charge in [-0.3, -0.25) is 4.79 Å². The lowest BCUT2D eigenvalue weighted by Crippen LogP contribution is -2.35. The van der Waals surface area contributed by atoms with Crippen molar-refractivity contribution in [2.24, 2.45) is 0 Å². The van der Waals surface area contributed by atoms with E-state index in [1.165, 1.54) is 33.4 Å². The highest BCUT2D eigenvalue weighted by atomic mass is 35.5. The second-order valence-electron chi connectivity index (χ2n) is 5.45. The van der Waals surface area contributed by atoms with E-state index in [4.69, 9.17) is 21.1 Å². The van der Waals surface area contributed by atoms with Crippen molar-refractivity contribution in [3.63, 3.8) is 0 Å². The maximum atomic E-state index is 13.5. The fraction of sp³-hybridized carbons (Fsp3) is 0.235. The van der Waals surface area contributed by atoms with Gasteiger partial charge in [0, 0.05) is 12.7 Å². The highest BCUT2D eigenvalue weighted by Crippen LogP contribution is 2.28. The minimum absolute atomic E-state index is 0.0226. The average Bonchev–Trinajstić information content (AvgIpc) is 2.61. The summed E-state index contributed by atoms with van der Waals surface area (Å²) in [6.45, 7) is -0.494. The molecule has 10 heteroatoms. The van der Waals surface area contributed by atoms with Crippen LogP contribution in [-0.2, 0) is 14.8 Å². The molecule has 27 heavy (non-hydrogen) atoms. The maximum Gasteiger partial charge on any atom is 0.247 e. The van der Waals surface area contributed by atoms with Gasteiger partial charge >= 0.3 is 0 Å². The van der Waals surface area contributed by atoms with Crippen LogP contribution >= 0.6 is 11.6 Å². The number of carbonyl (C=O) groups is 1. The smallest absolute Gasteiger partial charge is 0.247 e. The molecular weight excluding hydrogens is 399 g/mol. The number of hydrogen-bond acceptors (Lipinski definition) is 5. The van der Waals surface area contributed by atoms with E-state index in [1.807, 2.05) is 0 Å². The number of anilines is 1. The molecule has 2 aromatic carbocycles. The second kappa shape index (κ2) is 8.55. The fourth-order valence-corrected chi connectivity index (χ4v) is 3.80. The average molecular weight is 417 g/mol. The number of likely N-dealkylation sites (N-methyl/N-ethyl adjacent to an activating group) is 1. The van der Waals surface area contributed by atoms with Crippen molar-refractivity contribution in [2.75, 3.05) is 33.1 Å². The van der Waals surface area contributed by atoms with E-state index in [-0.39, 0.29) is 10.6 Å². The molecule has 0 radical (unpaired) electrons. The molecular formula is C17H18ClFN2O5S. The summed E-state index contributed by atoms with van der Waals surface area (Å²) in [5.41, 5.74) is 0.375. The first kappa shape index (κ1) is 20.9. The molecule has 0 aromatic heterocycles. The molecule has 0 heterocycles. The van der Waals surface area contributed by atoms with E-state index in [0.717, 1.165) is 16.4 Å². The number of carbonyl (C=O) groups excluding carboxylic acids is 1. The molecule has 7 nitrogen and oxygen atoms in total. The Hall–Kier alpha value is -2.36. The normalized spacial score (nSPS) is 11.3. The number of amides is 1. The van der Waals surface area contributed by atoms with Gasteiger partial charge in [0.25, 0.3) is 0 Å². The Labute approximate surface area is 161 Å². The number of halogens is 2. The first-order valence-corrected chi connectivity index (χ1v) is 9.44. The Bertz CT molecular complexity index is 952. The maximum absolute atomic E-state index is 13.5. The highest BCUT2D eigenvalue weighted by molar-refractivity contribution is 7.89. The van der Waals surface area contributed by atoms with Crippen molar-refractivity contribution in [1.29, 1.82) is 0 Å². The minimum atomic E-state index is -4.15. The molecule has 2 rings (SSSR count). The summed E-state index contributed by atoms with van der Waals surface area (Å²) in [7, 11) is -0.212. The lowest BCUT2D eigenvalue weighted by Gasteiger charge is -2.18. The Morgan fingerprint density at radius 1 is 1.15 bits per heavy atom. The molecule has 0 unspecified atom stereocenters. The number of nitrogens with zero attached hydrogens (tertiary/aromatic N) is 1. The van der Waals surface area contributed by atoms with Gasteiger partial charge in [-0.15, -0.1) is 0 Å². The molecule has 0 saturated heterocycles. The molecule has 0 aliphatic heterocycles. The van der Waals surface area contributed by atoms with Gasteiger partial charge in [0.05, 0.1) is 25.8 Å². The van der Waals surface area contributed by atoms with Crippen molar-refractivity contribution < 1.29 is 27.1 Å². The number of rotatable bonds is 7. The van der Waals surface area contributed by atoms with Crippen LogP contribution in [0.25, 0.3) is 0 Å². The monoisotopic (exact) mass is 416 g/mol. The number of sulfonamides is 1. The second-order valence-corrected chi connectivity index (χ2v) is 7.87. The van der Waals surface area contributed by atoms with Crippen LogP contribution in [0.2, 0.25) is 5.02 Å². The summed E-state index contributed by atoms with van der Waals surface area (Å²) in [6, 6.07) is 7.73. The van der Waals surface area contributed by atoms with Crippen LogP contribution in [-0.4, -0.2) is 46.4 Å². The fourth-order valence-electron chi connectivity index (χ4n) is 2.25. The van der Waals surface area contributed by atoms with Crippen molar-refractivity contribution in [2.45, 2.75) is 4.90 Å². The zero-order valence-corrected chi connectivity index (χ0v) is 16.4. The summed E-state index contributed by atoms with van der Waals surface area (Å²) in [5.74, 6) is -0.920.